The van der Waals surface area contributed by atoms with Gasteiger partial charge in [-0.15, -0.1) is 0 Å². The number of phenols is 1. The zero-order valence-electron chi connectivity index (χ0n) is 10.4. The fraction of sp³-hybridized carbons (Fsp3) is 0.154. The number of benzene rings is 1. The van der Waals surface area contributed by atoms with Crippen molar-refractivity contribution in [3.8, 4) is 35.1 Å². The summed E-state index contributed by atoms with van der Waals surface area (Å²) in [5.74, 6) is -0.466. The van der Waals surface area contributed by atoms with E-state index in [0.717, 1.165) is 0 Å². The van der Waals surface area contributed by atoms with Gasteiger partial charge >= 0.3 is 0 Å². The monoisotopic (exact) mass is 268 g/mol. The van der Waals surface area contributed by atoms with Gasteiger partial charge in [-0.3, -0.25) is 0 Å². The number of phenolic OH excluding ortho intramolecular Hbond substituents is 1. The Morgan fingerprint density at radius 3 is 2.75 bits per heavy atom. The van der Waals surface area contributed by atoms with Crippen LogP contribution in [0, 0.1) is 22.7 Å². The minimum atomic E-state index is -0.631. The maximum absolute atomic E-state index is 12.4. The SMILES string of the molecule is C[n+]1ccn2c1COc1c(O)c(C#N)c(C#N)c([O-])c1-2. The summed E-state index contributed by atoms with van der Waals surface area (Å²) < 4.78 is 8.72. The van der Waals surface area contributed by atoms with Crippen molar-refractivity contribution >= 4 is 0 Å². The first-order valence-electron chi connectivity index (χ1n) is 5.69. The van der Waals surface area contributed by atoms with Crippen molar-refractivity contribution in [2.24, 2.45) is 7.05 Å². The van der Waals surface area contributed by atoms with Crippen LogP contribution >= 0.6 is 0 Å². The third kappa shape index (κ3) is 1.29. The highest BCUT2D eigenvalue weighted by atomic mass is 16.5. The van der Waals surface area contributed by atoms with Crippen molar-refractivity contribution in [3.05, 3.63) is 29.3 Å². The summed E-state index contributed by atoms with van der Waals surface area (Å²) in [5.41, 5.74) is -0.673. The molecule has 0 saturated heterocycles. The van der Waals surface area contributed by atoms with Gasteiger partial charge in [-0.2, -0.15) is 15.1 Å². The molecular weight excluding hydrogens is 260 g/mol. The molecule has 7 heteroatoms. The molecule has 1 aliphatic rings. The fourth-order valence-corrected chi connectivity index (χ4v) is 2.27. The van der Waals surface area contributed by atoms with Crippen molar-refractivity contribution < 1.29 is 19.5 Å². The summed E-state index contributed by atoms with van der Waals surface area (Å²) in [6, 6.07) is 3.34. The largest absolute Gasteiger partial charge is 0.869 e. The van der Waals surface area contributed by atoms with Crippen molar-refractivity contribution in [2.75, 3.05) is 0 Å². The summed E-state index contributed by atoms with van der Waals surface area (Å²) in [5, 5.41) is 40.4. The van der Waals surface area contributed by atoms with E-state index in [4.69, 9.17) is 15.3 Å². The van der Waals surface area contributed by atoms with E-state index in [0.29, 0.717) is 5.82 Å². The molecule has 7 nitrogen and oxygen atoms in total. The predicted molar refractivity (Wildman–Crippen MR) is 61.8 cm³/mol. The highest BCUT2D eigenvalue weighted by Gasteiger charge is 2.32. The Hall–Kier alpha value is -3.19. The number of fused-ring (bicyclic) bond motifs is 3. The molecule has 1 aromatic carbocycles. The third-order valence-electron chi connectivity index (χ3n) is 3.29. The van der Waals surface area contributed by atoms with Crippen LogP contribution in [0.2, 0.25) is 0 Å². The topological polar surface area (TPSA) is 109 Å². The Bertz CT molecular complexity index is 820. The first-order chi connectivity index (χ1) is 9.60. The van der Waals surface area contributed by atoms with E-state index in [1.807, 2.05) is 0 Å². The molecule has 1 aliphatic heterocycles. The van der Waals surface area contributed by atoms with Crippen molar-refractivity contribution in [1.29, 1.82) is 10.5 Å². The van der Waals surface area contributed by atoms with E-state index in [9.17, 15) is 10.2 Å². The number of aromatic hydroxyl groups is 1. The van der Waals surface area contributed by atoms with Crippen molar-refractivity contribution in [3.63, 3.8) is 0 Å². The molecule has 0 saturated carbocycles. The zero-order chi connectivity index (χ0) is 14.4. The minimum absolute atomic E-state index is 0.0555. The van der Waals surface area contributed by atoms with Gasteiger partial charge in [-0.05, 0) is 5.75 Å². The second-order valence-corrected chi connectivity index (χ2v) is 4.31. The lowest BCUT2D eigenvalue weighted by Crippen LogP contribution is -2.34. The number of aromatic nitrogens is 2. The molecule has 0 atom stereocenters. The molecule has 0 radical (unpaired) electrons. The molecule has 2 aromatic rings. The maximum atomic E-state index is 12.4. The molecule has 0 unspecified atom stereocenters. The van der Waals surface area contributed by atoms with Crippen LogP contribution < -0.4 is 14.4 Å². The van der Waals surface area contributed by atoms with Gasteiger partial charge in [-0.25, -0.2) is 4.57 Å². The Morgan fingerprint density at radius 2 is 2.10 bits per heavy atom. The highest BCUT2D eigenvalue weighted by molar-refractivity contribution is 5.75. The van der Waals surface area contributed by atoms with Crippen LogP contribution in [0.1, 0.15) is 17.0 Å². The van der Waals surface area contributed by atoms with E-state index >= 15 is 0 Å². The average Bonchev–Trinajstić information content (AvgIpc) is 2.83. The van der Waals surface area contributed by atoms with Crippen LogP contribution in [0.25, 0.3) is 5.69 Å². The molecule has 0 aliphatic carbocycles. The lowest BCUT2D eigenvalue weighted by Gasteiger charge is -2.23. The summed E-state index contributed by atoms with van der Waals surface area (Å²) in [7, 11) is 1.79. The zero-order valence-corrected chi connectivity index (χ0v) is 10.4. The molecule has 1 aromatic heterocycles. The van der Waals surface area contributed by atoms with Crippen LogP contribution in [0.5, 0.6) is 17.2 Å². The van der Waals surface area contributed by atoms with Gasteiger partial charge in [0.2, 0.25) is 5.75 Å². The first-order valence-corrected chi connectivity index (χ1v) is 5.69. The second kappa shape index (κ2) is 3.90. The van der Waals surface area contributed by atoms with Crippen LogP contribution in [-0.2, 0) is 13.7 Å². The smallest absolute Gasteiger partial charge is 0.300 e. The number of imidazole rings is 1. The Morgan fingerprint density at radius 1 is 1.40 bits per heavy atom. The maximum Gasteiger partial charge on any atom is 0.300 e. The first kappa shape index (κ1) is 11.9. The number of rotatable bonds is 0. The highest BCUT2D eigenvalue weighted by Crippen LogP contribution is 2.45. The number of nitriles is 2. The lowest BCUT2D eigenvalue weighted by atomic mass is 10.0. The number of hydrogen-bond acceptors (Lipinski definition) is 5. The standard InChI is InChI=1S/C13H8N4O3/c1-16-2-3-17-9(16)6-20-13-10(17)11(18)7(4-14)8(5-15)12(13)19/h2-3H,6H2,1H3,(H-,18,19). The third-order valence-corrected chi connectivity index (χ3v) is 3.29. The van der Waals surface area contributed by atoms with Gasteiger partial charge in [0.25, 0.3) is 5.82 Å². The van der Waals surface area contributed by atoms with Gasteiger partial charge in [0.15, 0.2) is 18.0 Å². The van der Waals surface area contributed by atoms with Crippen molar-refractivity contribution in [2.45, 2.75) is 6.61 Å². The van der Waals surface area contributed by atoms with E-state index in [1.165, 1.54) is 0 Å². The second-order valence-electron chi connectivity index (χ2n) is 4.31. The lowest BCUT2D eigenvalue weighted by molar-refractivity contribution is -0.680. The number of aryl methyl sites for hydroxylation is 1. The molecular formula is C13H8N4O3. The Balaban J connectivity index is 2.45. The normalized spacial score (nSPS) is 11.8. The van der Waals surface area contributed by atoms with Crippen molar-refractivity contribution in [1.82, 2.24) is 4.57 Å². The average molecular weight is 268 g/mol. The fourth-order valence-electron chi connectivity index (χ4n) is 2.27. The van der Waals surface area contributed by atoms with Gasteiger partial charge < -0.3 is 14.9 Å². The van der Waals surface area contributed by atoms with E-state index in [-0.39, 0.29) is 29.2 Å². The molecule has 20 heavy (non-hydrogen) atoms. The van der Waals surface area contributed by atoms with E-state index in [2.05, 4.69) is 0 Å². The van der Waals surface area contributed by atoms with E-state index in [1.54, 1.807) is 40.7 Å². The van der Waals surface area contributed by atoms with Crippen LogP contribution in [-0.4, -0.2) is 9.67 Å². The van der Waals surface area contributed by atoms with Crippen LogP contribution in [0.4, 0.5) is 0 Å². The Labute approximate surface area is 113 Å². The summed E-state index contributed by atoms with van der Waals surface area (Å²) in [6.07, 6.45) is 3.37. The molecule has 1 N–H and O–H groups in total. The number of hydrogen-bond donors (Lipinski definition) is 1. The molecule has 2 heterocycles. The number of nitrogens with zero attached hydrogens (tertiary/aromatic N) is 4. The van der Waals surface area contributed by atoms with Gasteiger partial charge in [-0.1, -0.05) is 0 Å². The number of ether oxygens (including phenoxy) is 1. The molecule has 0 spiro atoms. The summed E-state index contributed by atoms with van der Waals surface area (Å²) in [4.78, 5) is 0. The minimum Gasteiger partial charge on any atom is -0.869 e. The quantitative estimate of drug-likeness (QED) is 0.661. The molecule has 0 amide bonds. The molecule has 0 bridgehead atoms. The predicted octanol–water partition coefficient (Wildman–Crippen LogP) is -0.283. The molecule has 3 rings (SSSR count). The van der Waals surface area contributed by atoms with Gasteiger partial charge in [0, 0.05) is 0 Å². The molecule has 98 valence electrons. The van der Waals surface area contributed by atoms with E-state index < -0.39 is 11.5 Å². The van der Waals surface area contributed by atoms with Crippen LogP contribution in [0.3, 0.4) is 0 Å². The Kier molecular flexibility index (Phi) is 2.32. The van der Waals surface area contributed by atoms with Gasteiger partial charge in [0.1, 0.15) is 30.1 Å². The molecule has 0 fully saturated rings. The van der Waals surface area contributed by atoms with Gasteiger partial charge in [0.05, 0.1) is 12.6 Å². The summed E-state index contributed by atoms with van der Waals surface area (Å²) in [6.45, 7) is 0.153. The summed E-state index contributed by atoms with van der Waals surface area (Å²) >= 11 is 0. The van der Waals surface area contributed by atoms with Crippen LogP contribution in [0.15, 0.2) is 12.4 Å².